The molecule has 3 aromatic rings. The lowest BCUT2D eigenvalue weighted by molar-refractivity contribution is -0.140. The van der Waals surface area contributed by atoms with Gasteiger partial charge in [0.2, 0.25) is 5.91 Å². The summed E-state index contributed by atoms with van der Waals surface area (Å²) in [6.45, 7) is 2.00. The number of amides is 1. The predicted octanol–water partition coefficient (Wildman–Crippen LogP) is 3.77. The zero-order chi connectivity index (χ0) is 25.0. The fourth-order valence-corrected chi connectivity index (χ4v) is 4.25. The highest BCUT2D eigenvalue weighted by atomic mass is 16.5. The molecular formula is C26H37N5O4. The summed E-state index contributed by atoms with van der Waals surface area (Å²) in [5, 5.41) is 4.05. The molecule has 190 valence electrons. The number of para-hydroxylation sites is 1. The molecule has 1 amide bonds. The molecule has 0 aliphatic carbocycles. The fraction of sp³-hybridized carbons (Fsp3) is 0.538. The van der Waals surface area contributed by atoms with E-state index in [0.29, 0.717) is 38.2 Å². The van der Waals surface area contributed by atoms with Crippen molar-refractivity contribution in [1.82, 2.24) is 19.9 Å². The van der Waals surface area contributed by atoms with Crippen molar-refractivity contribution < 1.29 is 19.1 Å². The van der Waals surface area contributed by atoms with Crippen LogP contribution in [0.2, 0.25) is 0 Å². The smallest absolute Gasteiger partial charge is 0.305 e. The SMILES string of the molecule is COCCc1nc2c(N)nc3ccccc3c2n1CCCCNC(=O)CCCCCCC(=O)OC. The topological polar surface area (TPSA) is 121 Å². The molecule has 0 aliphatic heterocycles. The van der Waals surface area contributed by atoms with E-state index in [2.05, 4.69) is 25.7 Å². The normalized spacial score (nSPS) is 11.3. The number of hydrogen-bond acceptors (Lipinski definition) is 7. The highest BCUT2D eigenvalue weighted by molar-refractivity contribution is 6.06. The van der Waals surface area contributed by atoms with Crippen LogP contribution in [0.3, 0.4) is 0 Å². The van der Waals surface area contributed by atoms with Crippen LogP contribution in [0.15, 0.2) is 24.3 Å². The Bertz CT molecular complexity index is 1130. The molecule has 9 nitrogen and oxygen atoms in total. The average molecular weight is 484 g/mol. The van der Waals surface area contributed by atoms with Crippen molar-refractivity contribution in [1.29, 1.82) is 0 Å². The van der Waals surface area contributed by atoms with Crippen LogP contribution < -0.4 is 11.1 Å². The summed E-state index contributed by atoms with van der Waals surface area (Å²) in [6.07, 6.45) is 6.93. The first kappa shape index (κ1) is 26.4. The number of fused-ring (bicyclic) bond motifs is 3. The second-order valence-electron chi connectivity index (χ2n) is 8.68. The Morgan fingerprint density at radius 1 is 1.00 bits per heavy atom. The molecule has 0 fully saturated rings. The van der Waals surface area contributed by atoms with Crippen molar-refractivity contribution in [3.05, 3.63) is 30.1 Å². The van der Waals surface area contributed by atoms with Crippen molar-refractivity contribution in [2.24, 2.45) is 0 Å². The van der Waals surface area contributed by atoms with Gasteiger partial charge < -0.3 is 25.1 Å². The summed E-state index contributed by atoms with van der Waals surface area (Å²) >= 11 is 0. The first-order chi connectivity index (χ1) is 17.0. The molecular weight excluding hydrogens is 446 g/mol. The third-order valence-electron chi connectivity index (χ3n) is 6.11. The van der Waals surface area contributed by atoms with Crippen molar-refractivity contribution in [3.8, 4) is 0 Å². The molecule has 1 aromatic carbocycles. The van der Waals surface area contributed by atoms with Gasteiger partial charge in [-0.2, -0.15) is 0 Å². The second-order valence-corrected chi connectivity index (χ2v) is 8.68. The maximum atomic E-state index is 12.1. The van der Waals surface area contributed by atoms with Gasteiger partial charge in [-0.1, -0.05) is 31.0 Å². The highest BCUT2D eigenvalue weighted by Crippen LogP contribution is 2.29. The Morgan fingerprint density at radius 2 is 1.77 bits per heavy atom. The minimum Gasteiger partial charge on any atom is -0.469 e. The molecule has 0 spiro atoms. The predicted molar refractivity (Wildman–Crippen MR) is 137 cm³/mol. The summed E-state index contributed by atoms with van der Waals surface area (Å²) < 4.78 is 12.1. The molecule has 35 heavy (non-hydrogen) atoms. The molecule has 2 heterocycles. The standard InChI is InChI=1S/C26H37N5O4/c1-34-18-15-21-30-24-25(19-11-7-8-12-20(19)29-26(24)27)31(21)17-10-9-16-28-22(32)13-5-3-4-6-14-23(33)35-2/h7-8,11-12H,3-6,9-10,13-18H2,1-2H3,(H2,27,29)(H,28,32). The van der Waals surface area contributed by atoms with E-state index in [1.165, 1.54) is 7.11 Å². The van der Waals surface area contributed by atoms with Gasteiger partial charge in [-0.15, -0.1) is 0 Å². The van der Waals surface area contributed by atoms with Crippen LogP contribution in [-0.2, 0) is 32.0 Å². The Kier molecular flexibility index (Phi) is 10.3. The Labute approximate surface area is 206 Å². The number of anilines is 1. The summed E-state index contributed by atoms with van der Waals surface area (Å²) in [7, 11) is 3.09. The molecule has 9 heteroatoms. The lowest BCUT2D eigenvalue weighted by Crippen LogP contribution is -2.24. The monoisotopic (exact) mass is 483 g/mol. The van der Waals surface area contributed by atoms with E-state index in [1.54, 1.807) is 7.11 Å². The quantitative estimate of drug-likeness (QED) is 0.249. The maximum absolute atomic E-state index is 12.1. The van der Waals surface area contributed by atoms with Gasteiger partial charge in [0.25, 0.3) is 0 Å². The minimum absolute atomic E-state index is 0.0803. The third-order valence-corrected chi connectivity index (χ3v) is 6.11. The second kappa shape index (κ2) is 13.6. The number of nitrogen functional groups attached to an aromatic ring is 1. The van der Waals surface area contributed by atoms with Crippen LogP contribution in [0.5, 0.6) is 0 Å². The molecule has 0 saturated heterocycles. The van der Waals surface area contributed by atoms with Crippen LogP contribution in [-0.4, -0.2) is 53.8 Å². The number of pyridine rings is 1. The number of rotatable bonds is 15. The molecule has 2 aromatic heterocycles. The number of imidazole rings is 1. The van der Waals surface area contributed by atoms with E-state index in [1.807, 2.05) is 18.2 Å². The van der Waals surface area contributed by atoms with E-state index >= 15 is 0 Å². The first-order valence-electron chi connectivity index (χ1n) is 12.4. The molecule has 0 unspecified atom stereocenters. The maximum Gasteiger partial charge on any atom is 0.305 e. The number of nitrogens with two attached hydrogens (primary N) is 1. The average Bonchev–Trinajstić information content (AvgIpc) is 3.23. The molecule has 3 N–H and O–H groups in total. The number of nitrogens with one attached hydrogen (secondary N) is 1. The number of benzene rings is 1. The highest BCUT2D eigenvalue weighted by Gasteiger charge is 2.17. The summed E-state index contributed by atoms with van der Waals surface area (Å²) in [4.78, 5) is 32.5. The number of carbonyl (C=O) groups is 2. The largest absolute Gasteiger partial charge is 0.469 e. The number of carbonyl (C=O) groups excluding carboxylic acids is 2. The number of nitrogens with zero attached hydrogens (tertiary/aromatic N) is 3. The van der Waals surface area contributed by atoms with Gasteiger partial charge in [0.05, 0.1) is 24.8 Å². The Balaban J connectivity index is 1.50. The minimum atomic E-state index is -0.175. The Hall–Kier alpha value is -3.20. The number of esters is 1. The molecule has 0 aliphatic rings. The third kappa shape index (κ3) is 7.39. The van der Waals surface area contributed by atoms with Crippen molar-refractivity contribution >= 4 is 39.6 Å². The van der Waals surface area contributed by atoms with E-state index in [-0.39, 0.29) is 11.9 Å². The number of aromatic nitrogens is 3. The van der Waals surface area contributed by atoms with Crippen LogP contribution in [0, 0.1) is 0 Å². The van der Waals surface area contributed by atoms with Gasteiger partial charge in [-0.05, 0) is 31.7 Å². The number of aryl methyl sites for hydroxylation is 1. The summed E-state index contributed by atoms with van der Waals surface area (Å²) in [6, 6.07) is 7.97. The number of hydrogen-bond donors (Lipinski definition) is 2. The molecule has 3 rings (SSSR count). The van der Waals surface area contributed by atoms with E-state index < -0.39 is 0 Å². The fourth-order valence-electron chi connectivity index (χ4n) is 4.25. The summed E-state index contributed by atoms with van der Waals surface area (Å²) in [5.41, 5.74) is 8.84. The van der Waals surface area contributed by atoms with Crippen molar-refractivity contribution in [3.63, 3.8) is 0 Å². The number of methoxy groups -OCH3 is 2. The van der Waals surface area contributed by atoms with E-state index in [4.69, 9.17) is 15.5 Å². The van der Waals surface area contributed by atoms with Gasteiger partial charge in [-0.3, -0.25) is 9.59 Å². The first-order valence-corrected chi connectivity index (χ1v) is 12.4. The van der Waals surface area contributed by atoms with E-state index in [9.17, 15) is 9.59 Å². The lowest BCUT2D eigenvalue weighted by atomic mass is 10.1. The van der Waals surface area contributed by atoms with E-state index in [0.717, 1.165) is 72.8 Å². The summed E-state index contributed by atoms with van der Waals surface area (Å²) in [5.74, 6) is 1.28. The van der Waals surface area contributed by atoms with Gasteiger partial charge >= 0.3 is 5.97 Å². The molecule has 0 radical (unpaired) electrons. The number of ether oxygens (including phenoxy) is 2. The van der Waals surface area contributed by atoms with Crippen molar-refractivity contribution in [2.75, 3.05) is 33.1 Å². The van der Waals surface area contributed by atoms with Gasteiger partial charge in [0, 0.05) is 44.8 Å². The molecule has 0 saturated carbocycles. The van der Waals surface area contributed by atoms with Gasteiger partial charge in [0.15, 0.2) is 5.82 Å². The van der Waals surface area contributed by atoms with Gasteiger partial charge in [0.1, 0.15) is 11.3 Å². The van der Waals surface area contributed by atoms with Crippen molar-refractivity contribution in [2.45, 2.75) is 64.3 Å². The zero-order valence-electron chi connectivity index (χ0n) is 20.8. The molecule has 0 bridgehead atoms. The molecule has 0 atom stereocenters. The number of unbranched alkanes of at least 4 members (excludes halogenated alkanes) is 4. The van der Waals surface area contributed by atoms with Crippen LogP contribution in [0.1, 0.15) is 57.2 Å². The van der Waals surface area contributed by atoms with Crippen LogP contribution in [0.25, 0.3) is 21.9 Å². The van der Waals surface area contributed by atoms with Crippen LogP contribution in [0.4, 0.5) is 5.82 Å². The Morgan fingerprint density at radius 3 is 2.54 bits per heavy atom. The lowest BCUT2D eigenvalue weighted by Gasteiger charge is -2.11. The van der Waals surface area contributed by atoms with Crippen LogP contribution >= 0.6 is 0 Å². The zero-order valence-corrected chi connectivity index (χ0v) is 20.8. The van der Waals surface area contributed by atoms with Gasteiger partial charge in [-0.25, -0.2) is 9.97 Å².